The van der Waals surface area contributed by atoms with Crippen LogP contribution in [0.3, 0.4) is 0 Å². The van der Waals surface area contributed by atoms with E-state index in [1.165, 1.54) is 22.3 Å². The highest BCUT2D eigenvalue weighted by Gasteiger charge is 2.03. The van der Waals surface area contributed by atoms with Gasteiger partial charge in [-0.3, -0.25) is 0 Å². The quantitative estimate of drug-likeness (QED) is 0.345. The lowest BCUT2D eigenvalue weighted by Gasteiger charge is -2.09. The van der Waals surface area contributed by atoms with Crippen molar-refractivity contribution in [1.82, 2.24) is 0 Å². The van der Waals surface area contributed by atoms with Crippen molar-refractivity contribution >= 4 is 0 Å². The lowest BCUT2D eigenvalue weighted by atomic mass is 10.0. The number of hydrogen-bond donors (Lipinski definition) is 0. The lowest BCUT2D eigenvalue weighted by molar-refractivity contribution is 0.481. The average Bonchev–Trinajstić information content (AvgIpc) is 2.73. The van der Waals surface area contributed by atoms with Gasteiger partial charge in [0.1, 0.15) is 23.0 Å². The summed E-state index contributed by atoms with van der Waals surface area (Å²) < 4.78 is 11.9. The van der Waals surface area contributed by atoms with Crippen LogP contribution in [-0.4, -0.2) is 0 Å². The summed E-state index contributed by atoms with van der Waals surface area (Å²) in [4.78, 5) is 0. The zero-order valence-electron chi connectivity index (χ0n) is 16.8. The maximum absolute atomic E-state index is 5.99. The minimum absolute atomic E-state index is 0.842. The Bertz CT molecular complexity index is 1060. The highest BCUT2D eigenvalue weighted by atomic mass is 16.5. The van der Waals surface area contributed by atoms with Gasteiger partial charge in [0, 0.05) is 0 Å². The third kappa shape index (κ3) is 5.26. The van der Waals surface area contributed by atoms with Crippen LogP contribution in [0.15, 0.2) is 97.1 Å². The summed E-state index contributed by atoms with van der Waals surface area (Å²) >= 11 is 0. The molecule has 144 valence electrons. The third-order valence-corrected chi connectivity index (χ3v) is 4.74. The first-order chi connectivity index (χ1) is 14.1. The van der Waals surface area contributed by atoms with E-state index in [0.717, 1.165) is 29.4 Å². The van der Waals surface area contributed by atoms with Gasteiger partial charge in [0.25, 0.3) is 0 Å². The minimum Gasteiger partial charge on any atom is -0.457 e. The van der Waals surface area contributed by atoms with Crippen LogP contribution in [0.2, 0.25) is 0 Å². The van der Waals surface area contributed by atoms with Crippen LogP contribution < -0.4 is 9.47 Å². The molecule has 0 atom stereocenters. The molecule has 4 rings (SSSR count). The Hall–Kier alpha value is -3.52. The first kappa shape index (κ1) is 18.8. The van der Waals surface area contributed by atoms with Crippen molar-refractivity contribution in [3.8, 4) is 23.0 Å². The predicted octanol–water partition coefficient (Wildman–Crippen LogP) is 7.48. The number of benzene rings is 4. The van der Waals surface area contributed by atoms with Crippen molar-refractivity contribution in [2.45, 2.75) is 20.3 Å². The minimum atomic E-state index is 0.842. The van der Waals surface area contributed by atoms with Crippen LogP contribution in [0.25, 0.3) is 0 Å². The summed E-state index contributed by atoms with van der Waals surface area (Å²) in [7, 11) is 0. The van der Waals surface area contributed by atoms with E-state index < -0.39 is 0 Å². The van der Waals surface area contributed by atoms with Crippen molar-refractivity contribution in [3.63, 3.8) is 0 Å². The maximum atomic E-state index is 5.99. The normalized spacial score (nSPS) is 10.6. The standard InChI is InChI=1S/C27H24O2/c1-20-6-12-24(13-7-20)28-26-16-10-22(11-17-26)18-23-4-3-5-27(19-23)29-25-14-8-21(2)9-15-25/h3-17,19H,18H2,1-2H3. The topological polar surface area (TPSA) is 18.5 Å². The predicted molar refractivity (Wildman–Crippen MR) is 118 cm³/mol. The molecule has 29 heavy (non-hydrogen) atoms. The van der Waals surface area contributed by atoms with Crippen molar-refractivity contribution in [1.29, 1.82) is 0 Å². The smallest absolute Gasteiger partial charge is 0.127 e. The monoisotopic (exact) mass is 380 g/mol. The van der Waals surface area contributed by atoms with Crippen molar-refractivity contribution in [2.24, 2.45) is 0 Å². The Morgan fingerprint density at radius 3 is 1.52 bits per heavy atom. The van der Waals surface area contributed by atoms with Crippen LogP contribution >= 0.6 is 0 Å². The SMILES string of the molecule is Cc1ccc(Oc2ccc(Cc3cccc(Oc4ccc(C)cc4)c3)cc2)cc1. The van der Waals surface area contributed by atoms with E-state index in [0.29, 0.717) is 0 Å². The van der Waals surface area contributed by atoms with E-state index in [1.54, 1.807) is 0 Å². The van der Waals surface area contributed by atoms with Gasteiger partial charge in [0.05, 0.1) is 0 Å². The molecule has 0 spiro atoms. The van der Waals surface area contributed by atoms with Gasteiger partial charge >= 0.3 is 0 Å². The fourth-order valence-electron chi connectivity index (χ4n) is 3.11. The van der Waals surface area contributed by atoms with Gasteiger partial charge in [0.15, 0.2) is 0 Å². The molecule has 0 aliphatic carbocycles. The van der Waals surface area contributed by atoms with E-state index in [-0.39, 0.29) is 0 Å². The second-order valence-electron chi connectivity index (χ2n) is 7.30. The van der Waals surface area contributed by atoms with Gasteiger partial charge in [-0.2, -0.15) is 0 Å². The summed E-state index contributed by atoms with van der Waals surface area (Å²) in [5, 5.41) is 0. The van der Waals surface area contributed by atoms with Gasteiger partial charge in [-0.25, -0.2) is 0 Å². The molecule has 0 fully saturated rings. The van der Waals surface area contributed by atoms with Gasteiger partial charge < -0.3 is 9.47 Å². The zero-order chi connectivity index (χ0) is 20.1. The fraction of sp³-hybridized carbons (Fsp3) is 0.111. The molecular formula is C27H24O2. The fourth-order valence-corrected chi connectivity index (χ4v) is 3.11. The van der Waals surface area contributed by atoms with E-state index >= 15 is 0 Å². The van der Waals surface area contributed by atoms with E-state index in [2.05, 4.69) is 62.4 Å². The Morgan fingerprint density at radius 2 is 0.966 bits per heavy atom. The maximum Gasteiger partial charge on any atom is 0.127 e. The second kappa shape index (κ2) is 8.66. The first-order valence-electron chi connectivity index (χ1n) is 9.81. The molecule has 4 aromatic carbocycles. The van der Waals surface area contributed by atoms with E-state index in [4.69, 9.17) is 9.47 Å². The number of hydrogen-bond acceptors (Lipinski definition) is 2. The van der Waals surface area contributed by atoms with Crippen molar-refractivity contribution in [3.05, 3.63) is 119 Å². The summed E-state index contributed by atoms with van der Waals surface area (Å²) in [5.74, 6) is 3.40. The Balaban J connectivity index is 1.41. The molecule has 0 aromatic heterocycles. The highest BCUT2D eigenvalue weighted by molar-refractivity contribution is 5.39. The van der Waals surface area contributed by atoms with Crippen LogP contribution in [0.4, 0.5) is 0 Å². The Kier molecular flexibility index (Phi) is 5.62. The van der Waals surface area contributed by atoms with E-state index in [1.807, 2.05) is 48.5 Å². The molecule has 2 heteroatoms. The molecule has 0 heterocycles. The highest BCUT2D eigenvalue weighted by Crippen LogP contribution is 2.25. The van der Waals surface area contributed by atoms with Crippen LogP contribution in [0.1, 0.15) is 22.3 Å². The molecule has 0 radical (unpaired) electrons. The zero-order valence-corrected chi connectivity index (χ0v) is 16.8. The Morgan fingerprint density at radius 1 is 0.483 bits per heavy atom. The molecule has 0 unspecified atom stereocenters. The largest absolute Gasteiger partial charge is 0.457 e. The summed E-state index contributed by atoms with van der Waals surface area (Å²) in [5.41, 5.74) is 4.89. The molecule has 0 aliphatic rings. The van der Waals surface area contributed by atoms with Gasteiger partial charge in [-0.05, 0) is 79.9 Å². The lowest BCUT2D eigenvalue weighted by Crippen LogP contribution is -1.91. The third-order valence-electron chi connectivity index (χ3n) is 4.74. The molecule has 4 aromatic rings. The molecule has 0 amide bonds. The van der Waals surface area contributed by atoms with Crippen molar-refractivity contribution < 1.29 is 9.47 Å². The van der Waals surface area contributed by atoms with Gasteiger partial charge in [-0.1, -0.05) is 59.7 Å². The number of ether oxygens (including phenoxy) is 2. The van der Waals surface area contributed by atoms with Crippen LogP contribution in [0.5, 0.6) is 23.0 Å². The summed E-state index contributed by atoms with van der Waals surface area (Å²) in [6.45, 7) is 4.14. The van der Waals surface area contributed by atoms with Crippen molar-refractivity contribution in [2.75, 3.05) is 0 Å². The molecule has 0 bridgehead atoms. The van der Waals surface area contributed by atoms with Gasteiger partial charge in [0.2, 0.25) is 0 Å². The second-order valence-corrected chi connectivity index (χ2v) is 7.30. The molecule has 0 saturated heterocycles. The van der Waals surface area contributed by atoms with E-state index in [9.17, 15) is 0 Å². The van der Waals surface area contributed by atoms with Gasteiger partial charge in [-0.15, -0.1) is 0 Å². The number of aryl methyl sites for hydroxylation is 2. The molecule has 0 aliphatic heterocycles. The first-order valence-corrected chi connectivity index (χ1v) is 9.81. The summed E-state index contributed by atoms with van der Waals surface area (Å²) in [6.07, 6.45) is 0.843. The summed E-state index contributed by atoms with van der Waals surface area (Å²) in [6, 6.07) is 32.7. The molecule has 0 N–H and O–H groups in total. The van der Waals surface area contributed by atoms with Crippen LogP contribution in [-0.2, 0) is 6.42 Å². The molecule has 2 nitrogen and oxygen atoms in total. The molecular weight excluding hydrogens is 356 g/mol. The number of rotatable bonds is 6. The average molecular weight is 380 g/mol. The van der Waals surface area contributed by atoms with Crippen LogP contribution in [0, 0.1) is 13.8 Å². The Labute approximate surface area is 172 Å². The molecule has 0 saturated carbocycles.